The molecule has 0 bridgehead atoms. The fourth-order valence-electron chi connectivity index (χ4n) is 1.37. The lowest BCUT2D eigenvalue weighted by Gasteiger charge is -2.35. The van der Waals surface area contributed by atoms with Crippen LogP contribution in [0.25, 0.3) is 0 Å². The molecular formula is C14H24O4Si. The Morgan fingerprint density at radius 1 is 1.37 bits per heavy atom. The Bertz CT molecular complexity index is 497. The molecule has 0 aliphatic heterocycles. The Morgan fingerprint density at radius 3 is 2.42 bits per heavy atom. The molecule has 1 aromatic rings. The number of aryl methyl sites for hydroxylation is 1. The fourth-order valence-corrected chi connectivity index (χ4v) is 2.30. The van der Waals surface area contributed by atoms with Gasteiger partial charge in [0.05, 0.1) is 6.61 Å². The van der Waals surface area contributed by atoms with Gasteiger partial charge in [-0.15, -0.1) is 0 Å². The summed E-state index contributed by atoms with van der Waals surface area (Å²) >= 11 is 0. The van der Waals surface area contributed by atoms with Gasteiger partial charge in [-0.3, -0.25) is 4.79 Å². The molecule has 1 aromatic heterocycles. The second kappa shape index (κ2) is 5.51. The van der Waals surface area contributed by atoms with Gasteiger partial charge in [-0.05, 0) is 18.1 Å². The zero-order valence-electron chi connectivity index (χ0n) is 12.7. The lowest BCUT2D eigenvalue weighted by molar-refractivity contribution is 0.236. The van der Waals surface area contributed by atoms with Crippen LogP contribution in [0.5, 0.6) is 5.75 Å². The van der Waals surface area contributed by atoms with Crippen molar-refractivity contribution in [3.8, 4) is 5.75 Å². The molecule has 0 saturated heterocycles. The Labute approximate surface area is 115 Å². The van der Waals surface area contributed by atoms with Crippen molar-refractivity contribution in [2.45, 2.75) is 58.9 Å². The van der Waals surface area contributed by atoms with E-state index < -0.39 is 13.7 Å². The van der Waals surface area contributed by atoms with Crippen LogP contribution in [0, 0.1) is 0 Å². The smallest absolute Gasteiger partial charge is 0.227 e. The van der Waals surface area contributed by atoms with Crippen molar-refractivity contribution in [1.29, 1.82) is 0 Å². The molecule has 0 fully saturated rings. The van der Waals surface area contributed by atoms with Crippen LogP contribution in [0.15, 0.2) is 15.3 Å². The van der Waals surface area contributed by atoms with E-state index in [4.69, 9.17) is 8.84 Å². The van der Waals surface area contributed by atoms with Crippen LogP contribution in [0.3, 0.4) is 0 Å². The largest absolute Gasteiger partial charge is 0.502 e. The molecule has 19 heavy (non-hydrogen) atoms. The average Bonchev–Trinajstić information content (AvgIpc) is 2.29. The van der Waals surface area contributed by atoms with Crippen LogP contribution in [-0.2, 0) is 17.5 Å². The van der Waals surface area contributed by atoms with E-state index >= 15 is 0 Å². The molecule has 0 saturated carbocycles. The molecule has 0 radical (unpaired) electrons. The molecule has 108 valence electrons. The first-order chi connectivity index (χ1) is 8.58. The van der Waals surface area contributed by atoms with Gasteiger partial charge in [-0.25, -0.2) is 0 Å². The van der Waals surface area contributed by atoms with E-state index in [-0.39, 0.29) is 17.4 Å². The summed E-state index contributed by atoms with van der Waals surface area (Å²) in [5.41, 5.74) is -0.406. The summed E-state index contributed by atoms with van der Waals surface area (Å²) < 4.78 is 11.5. The van der Waals surface area contributed by atoms with Crippen LogP contribution < -0.4 is 5.43 Å². The molecule has 0 aliphatic rings. The van der Waals surface area contributed by atoms with Crippen molar-refractivity contribution in [3.05, 3.63) is 27.8 Å². The summed E-state index contributed by atoms with van der Waals surface area (Å²) in [5.74, 6) is 0.504. The van der Waals surface area contributed by atoms with Crippen molar-refractivity contribution in [3.63, 3.8) is 0 Å². The van der Waals surface area contributed by atoms with Gasteiger partial charge in [0.2, 0.25) is 11.2 Å². The summed E-state index contributed by atoms with van der Waals surface area (Å²) in [6.07, 6.45) is 0.481. The molecule has 0 unspecified atom stereocenters. The molecule has 5 heteroatoms. The first kappa shape index (κ1) is 16.0. The third-order valence-corrected chi connectivity index (χ3v) is 8.22. The highest BCUT2D eigenvalue weighted by molar-refractivity contribution is 6.74. The topological polar surface area (TPSA) is 59.7 Å². The molecule has 0 aromatic carbocycles. The van der Waals surface area contributed by atoms with Crippen molar-refractivity contribution in [1.82, 2.24) is 0 Å². The van der Waals surface area contributed by atoms with E-state index in [0.29, 0.717) is 17.9 Å². The molecule has 1 heterocycles. The normalized spacial score (nSPS) is 12.7. The summed E-state index contributed by atoms with van der Waals surface area (Å²) in [7, 11) is -1.87. The van der Waals surface area contributed by atoms with Gasteiger partial charge in [0.25, 0.3) is 0 Å². The third kappa shape index (κ3) is 3.70. The Kier molecular flexibility index (Phi) is 4.63. The highest BCUT2D eigenvalue weighted by atomic mass is 28.4. The maximum absolute atomic E-state index is 11.6. The van der Waals surface area contributed by atoms with Gasteiger partial charge in [-0.1, -0.05) is 27.7 Å². The number of rotatable bonds is 4. The van der Waals surface area contributed by atoms with E-state index in [2.05, 4.69) is 33.9 Å². The molecule has 1 N–H and O–H groups in total. The molecule has 0 spiro atoms. The minimum atomic E-state index is -1.87. The summed E-state index contributed by atoms with van der Waals surface area (Å²) in [6.45, 7) is 12.9. The van der Waals surface area contributed by atoms with Gasteiger partial charge < -0.3 is 13.9 Å². The van der Waals surface area contributed by atoms with E-state index in [1.54, 1.807) is 0 Å². The molecular weight excluding hydrogens is 260 g/mol. The van der Waals surface area contributed by atoms with Crippen molar-refractivity contribution >= 4 is 8.32 Å². The van der Waals surface area contributed by atoms with Gasteiger partial charge in [0.1, 0.15) is 11.5 Å². The van der Waals surface area contributed by atoms with Crippen molar-refractivity contribution < 1.29 is 13.9 Å². The standard InChI is InChI=1S/C14H24O4Si/c1-7-12-13(16)11(15)8-10(18-12)9-17-19(5,6)14(2,3)4/h8,16H,7,9H2,1-6H3. The van der Waals surface area contributed by atoms with E-state index in [1.165, 1.54) is 6.07 Å². The molecule has 0 aliphatic carbocycles. The van der Waals surface area contributed by atoms with Gasteiger partial charge >= 0.3 is 0 Å². The van der Waals surface area contributed by atoms with Crippen LogP contribution in [-0.4, -0.2) is 13.4 Å². The Morgan fingerprint density at radius 2 is 1.95 bits per heavy atom. The molecule has 1 rings (SSSR count). The van der Waals surface area contributed by atoms with Crippen molar-refractivity contribution in [2.75, 3.05) is 0 Å². The quantitative estimate of drug-likeness (QED) is 0.861. The predicted octanol–water partition coefficient (Wildman–Crippen LogP) is 3.43. The molecule has 0 amide bonds. The monoisotopic (exact) mass is 284 g/mol. The predicted molar refractivity (Wildman–Crippen MR) is 78.0 cm³/mol. The van der Waals surface area contributed by atoms with Crippen LogP contribution in [0.2, 0.25) is 18.1 Å². The maximum Gasteiger partial charge on any atom is 0.227 e. The number of hydrogen-bond acceptors (Lipinski definition) is 4. The summed E-state index contributed by atoms with van der Waals surface area (Å²) in [4.78, 5) is 11.6. The molecule has 4 nitrogen and oxygen atoms in total. The lowest BCUT2D eigenvalue weighted by atomic mass is 10.2. The van der Waals surface area contributed by atoms with Gasteiger partial charge in [-0.2, -0.15) is 0 Å². The second-order valence-electron chi connectivity index (χ2n) is 6.25. The zero-order chi connectivity index (χ0) is 14.8. The van der Waals surface area contributed by atoms with E-state index in [1.807, 2.05) is 6.92 Å². The minimum Gasteiger partial charge on any atom is -0.502 e. The molecule has 0 atom stereocenters. The summed E-state index contributed by atoms with van der Waals surface area (Å²) in [5, 5.41) is 9.65. The fraction of sp³-hybridized carbons (Fsp3) is 0.643. The van der Waals surface area contributed by atoms with Gasteiger partial charge in [0, 0.05) is 12.5 Å². The SMILES string of the molecule is CCc1oc(CO[Si](C)(C)C(C)(C)C)cc(=O)c1O. The Hall–Kier alpha value is -1.07. The zero-order valence-corrected chi connectivity index (χ0v) is 13.7. The highest BCUT2D eigenvalue weighted by Crippen LogP contribution is 2.37. The average molecular weight is 284 g/mol. The summed E-state index contributed by atoms with van der Waals surface area (Å²) in [6, 6.07) is 1.31. The van der Waals surface area contributed by atoms with Crippen molar-refractivity contribution in [2.24, 2.45) is 0 Å². The highest BCUT2D eigenvalue weighted by Gasteiger charge is 2.37. The second-order valence-corrected chi connectivity index (χ2v) is 11.1. The minimum absolute atomic E-state index is 0.109. The van der Waals surface area contributed by atoms with Gasteiger partial charge in [0.15, 0.2) is 8.32 Å². The van der Waals surface area contributed by atoms with E-state index in [9.17, 15) is 9.90 Å². The van der Waals surface area contributed by atoms with Crippen LogP contribution >= 0.6 is 0 Å². The van der Waals surface area contributed by atoms with Crippen LogP contribution in [0.4, 0.5) is 0 Å². The Balaban J connectivity index is 2.91. The first-order valence-electron chi connectivity index (χ1n) is 6.57. The lowest BCUT2D eigenvalue weighted by Crippen LogP contribution is -2.40. The number of hydrogen-bond donors (Lipinski definition) is 1. The number of aromatic hydroxyl groups is 1. The third-order valence-electron chi connectivity index (χ3n) is 3.75. The van der Waals surface area contributed by atoms with Crippen LogP contribution in [0.1, 0.15) is 39.2 Å². The van der Waals surface area contributed by atoms with E-state index in [0.717, 1.165) is 0 Å². The maximum atomic E-state index is 11.6. The first-order valence-corrected chi connectivity index (χ1v) is 9.48.